The summed E-state index contributed by atoms with van der Waals surface area (Å²) >= 11 is 0. The number of rotatable bonds is 2. The second-order valence-electron chi connectivity index (χ2n) is 5.17. The average Bonchev–Trinajstić information content (AvgIpc) is 2.25. The van der Waals surface area contributed by atoms with Crippen LogP contribution in [0, 0.1) is 0 Å². The van der Waals surface area contributed by atoms with Gasteiger partial charge in [-0.3, -0.25) is 0 Å². The predicted octanol–water partition coefficient (Wildman–Crippen LogP) is 3.33. The zero-order chi connectivity index (χ0) is 12.3. The fourth-order valence-corrected chi connectivity index (χ4v) is 2.20. The van der Waals surface area contributed by atoms with Gasteiger partial charge in [0.1, 0.15) is 0 Å². The van der Waals surface area contributed by atoms with Gasteiger partial charge >= 0.3 is 7.12 Å². The lowest BCUT2D eigenvalue weighted by molar-refractivity contribution is -0.0235. The number of benzene rings is 1. The van der Waals surface area contributed by atoms with Crippen LogP contribution in [0.4, 0.5) is 0 Å². The largest absolute Gasteiger partial charge is 0.486 e. The second-order valence-corrected chi connectivity index (χ2v) is 5.17. The first-order chi connectivity index (χ1) is 8.05. The Bertz CT molecular complexity index is 386. The van der Waals surface area contributed by atoms with E-state index >= 15 is 0 Å². The Morgan fingerprint density at radius 3 is 2.65 bits per heavy atom. The Kier molecular flexibility index (Phi) is 3.70. The normalized spacial score (nSPS) is 24.2. The molecule has 0 saturated carbocycles. The molecule has 1 saturated heterocycles. The standard InChI is InChI=1S/C14H19BO2/c1-12-11-14(2,3)17-15(16-12)10-9-13-7-5-4-6-8-13/h4-10,12H,11H2,1-3H3/b10-9+. The van der Waals surface area contributed by atoms with Crippen molar-refractivity contribution in [2.75, 3.05) is 0 Å². The number of hydrogen-bond acceptors (Lipinski definition) is 2. The first-order valence-corrected chi connectivity index (χ1v) is 6.12. The third kappa shape index (κ3) is 3.72. The molecule has 17 heavy (non-hydrogen) atoms. The SMILES string of the molecule is CC1CC(C)(C)OB(/C=C/c2ccccc2)O1. The highest BCUT2D eigenvalue weighted by molar-refractivity contribution is 6.52. The number of hydrogen-bond donors (Lipinski definition) is 0. The Hall–Kier alpha value is -1.06. The summed E-state index contributed by atoms with van der Waals surface area (Å²) in [5.41, 5.74) is 1.05. The summed E-state index contributed by atoms with van der Waals surface area (Å²) in [7, 11) is -0.242. The fourth-order valence-electron chi connectivity index (χ4n) is 2.20. The molecular formula is C14H19BO2. The third-order valence-corrected chi connectivity index (χ3v) is 2.83. The van der Waals surface area contributed by atoms with Crippen LogP contribution in [0.3, 0.4) is 0 Å². The van der Waals surface area contributed by atoms with Crippen LogP contribution in [0.1, 0.15) is 32.8 Å². The molecule has 1 heterocycles. The van der Waals surface area contributed by atoms with Crippen LogP contribution < -0.4 is 0 Å². The third-order valence-electron chi connectivity index (χ3n) is 2.83. The Morgan fingerprint density at radius 2 is 2.00 bits per heavy atom. The molecule has 0 aliphatic carbocycles. The highest BCUT2D eigenvalue weighted by Gasteiger charge is 2.35. The van der Waals surface area contributed by atoms with Crippen molar-refractivity contribution in [1.82, 2.24) is 0 Å². The molecule has 90 valence electrons. The van der Waals surface area contributed by atoms with E-state index in [0.717, 1.165) is 12.0 Å². The van der Waals surface area contributed by atoms with E-state index < -0.39 is 0 Å². The molecule has 0 radical (unpaired) electrons. The molecule has 3 heteroatoms. The van der Waals surface area contributed by atoms with E-state index in [9.17, 15) is 0 Å². The van der Waals surface area contributed by atoms with Crippen molar-refractivity contribution in [2.45, 2.75) is 38.9 Å². The van der Waals surface area contributed by atoms with Crippen LogP contribution in [-0.4, -0.2) is 18.8 Å². The van der Waals surface area contributed by atoms with Gasteiger partial charge in [-0.15, -0.1) is 0 Å². The molecule has 1 unspecified atom stereocenters. The first kappa shape index (κ1) is 12.4. The van der Waals surface area contributed by atoms with Gasteiger partial charge in [0.25, 0.3) is 0 Å². The molecule has 0 N–H and O–H groups in total. The van der Waals surface area contributed by atoms with Crippen molar-refractivity contribution in [1.29, 1.82) is 0 Å². The van der Waals surface area contributed by atoms with Crippen molar-refractivity contribution in [3.63, 3.8) is 0 Å². The molecular weight excluding hydrogens is 211 g/mol. The monoisotopic (exact) mass is 230 g/mol. The summed E-state index contributed by atoms with van der Waals surface area (Å²) in [5.74, 6) is 1.98. The van der Waals surface area contributed by atoms with Gasteiger partial charge in [-0.25, -0.2) is 0 Å². The van der Waals surface area contributed by atoms with E-state index in [1.54, 1.807) is 0 Å². The highest BCUT2D eigenvalue weighted by atomic mass is 16.6. The summed E-state index contributed by atoms with van der Waals surface area (Å²) in [5, 5.41) is 0. The molecule has 2 nitrogen and oxygen atoms in total. The molecule has 1 aliphatic heterocycles. The Labute approximate surface area is 104 Å². The summed E-state index contributed by atoms with van der Waals surface area (Å²) in [4.78, 5) is 0. The summed E-state index contributed by atoms with van der Waals surface area (Å²) in [6.45, 7) is 6.30. The van der Waals surface area contributed by atoms with E-state index in [2.05, 4.69) is 32.9 Å². The van der Waals surface area contributed by atoms with E-state index in [1.807, 2.05) is 30.3 Å². The maximum absolute atomic E-state index is 5.86. The molecule has 1 aliphatic rings. The van der Waals surface area contributed by atoms with E-state index in [1.165, 1.54) is 0 Å². The van der Waals surface area contributed by atoms with E-state index in [-0.39, 0.29) is 18.8 Å². The van der Waals surface area contributed by atoms with Crippen LogP contribution in [0.2, 0.25) is 0 Å². The highest BCUT2D eigenvalue weighted by Crippen LogP contribution is 2.26. The summed E-state index contributed by atoms with van der Waals surface area (Å²) in [6.07, 6.45) is 3.21. The van der Waals surface area contributed by atoms with Gasteiger partial charge in [0.2, 0.25) is 0 Å². The van der Waals surface area contributed by atoms with Gasteiger partial charge < -0.3 is 9.31 Å². The minimum Gasteiger partial charge on any atom is -0.405 e. The molecule has 0 aromatic heterocycles. The average molecular weight is 230 g/mol. The van der Waals surface area contributed by atoms with Gasteiger partial charge in [0.05, 0.1) is 5.60 Å². The van der Waals surface area contributed by atoms with Gasteiger partial charge in [-0.2, -0.15) is 0 Å². The van der Waals surface area contributed by atoms with Crippen LogP contribution in [0.5, 0.6) is 0 Å². The minimum absolute atomic E-state index is 0.108. The van der Waals surface area contributed by atoms with Crippen molar-refractivity contribution >= 4 is 13.2 Å². The zero-order valence-electron chi connectivity index (χ0n) is 10.7. The topological polar surface area (TPSA) is 18.5 Å². The molecule has 0 amide bonds. The van der Waals surface area contributed by atoms with Gasteiger partial charge in [0, 0.05) is 6.10 Å². The molecule has 1 aromatic rings. The lowest BCUT2D eigenvalue weighted by atomic mass is 9.82. The van der Waals surface area contributed by atoms with Crippen LogP contribution in [-0.2, 0) is 9.31 Å². The Balaban J connectivity index is 2.01. The lowest BCUT2D eigenvalue weighted by Crippen LogP contribution is -2.45. The second kappa shape index (κ2) is 5.07. The van der Waals surface area contributed by atoms with Crippen molar-refractivity contribution in [3.05, 3.63) is 41.9 Å². The predicted molar refractivity (Wildman–Crippen MR) is 71.6 cm³/mol. The molecule has 0 bridgehead atoms. The molecule has 1 atom stereocenters. The lowest BCUT2D eigenvalue weighted by Gasteiger charge is -2.37. The van der Waals surface area contributed by atoms with Gasteiger partial charge in [0.15, 0.2) is 0 Å². The Morgan fingerprint density at radius 1 is 1.29 bits per heavy atom. The maximum atomic E-state index is 5.86. The van der Waals surface area contributed by atoms with Gasteiger partial charge in [-0.05, 0) is 32.8 Å². The quantitative estimate of drug-likeness (QED) is 0.725. The van der Waals surface area contributed by atoms with Crippen LogP contribution >= 0.6 is 0 Å². The van der Waals surface area contributed by atoms with Crippen LogP contribution in [0.15, 0.2) is 36.3 Å². The van der Waals surface area contributed by atoms with Crippen molar-refractivity contribution in [2.24, 2.45) is 0 Å². The van der Waals surface area contributed by atoms with Crippen molar-refractivity contribution in [3.8, 4) is 0 Å². The molecule has 2 rings (SSSR count). The van der Waals surface area contributed by atoms with E-state index in [4.69, 9.17) is 9.31 Å². The molecule has 0 spiro atoms. The van der Waals surface area contributed by atoms with Crippen LogP contribution in [0.25, 0.3) is 6.08 Å². The minimum atomic E-state index is -0.242. The smallest absolute Gasteiger partial charge is 0.405 e. The van der Waals surface area contributed by atoms with Crippen molar-refractivity contribution < 1.29 is 9.31 Å². The summed E-state index contributed by atoms with van der Waals surface area (Å²) in [6, 6.07) is 10.2. The summed E-state index contributed by atoms with van der Waals surface area (Å²) < 4.78 is 11.6. The fraction of sp³-hybridized carbons (Fsp3) is 0.429. The molecule has 1 aromatic carbocycles. The van der Waals surface area contributed by atoms with E-state index in [0.29, 0.717) is 0 Å². The first-order valence-electron chi connectivity index (χ1n) is 6.12. The molecule has 1 fully saturated rings. The zero-order valence-corrected chi connectivity index (χ0v) is 10.7. The maximum Gasteiger partial charge on any atom is 0.486 e. The van der Waals surface area contributed by atoms with Gasteiger partial charge in [-0.1, -0.05) is 42.4 Å².